The van der Waals surface area contributed by atoms with Crippen molar-refractivity contribution >= 4 is 67.7 Å². The van der Waals surface area contributed by atoms with E-state index in [0.717, 1.165) is 57.1 Å². The van der Waals surface area contributed by atoms with Gasteiger partial charge >= 0.3 is 0 Å². The van der Waals surface area contributed by atoms with Crippen molar-refractivity contribution in [1.82, 2.24) is 9.88 Å². The first kappa shape index (κ1) is 25.4. The molecule has 2 aromatic carbocycles. The van der Waals surface area contributed by atoms with Crippen LogP contribution < -0.4 is 4.90 Å². The molecule has 32 heavy (non-hydrogen) atoms. The summed E-state index contributed by atoms with van der Waals surface area (Å²) in [6, 6.07) is 14.1. The Kier molecular flexibility index (Phi) is 10.2. The first-order valence-electron chi connectivity index (χ1n) is 10.9. The average Bonchev–Trinajstić information content (AvgIpc) is 3.24. The van der Waals surface area contributed by atoms with Gasteiger partial charge in [0.15, 0.2) is 5.13 Å². The number of para-hydroxylation sites is 1. The smallest absolute Gasteiger partial charge is 0.228 e. The topological polar surface area (TPSA) is 36.4 Å². The standard InChI is InChI=1S/C24H30ClN3OS3/c1-4-27(5-2)15-16-28(24-26-23-20(30-3)8-6-9-21(23)32-24)22(29)10-7-17-31-19-13-11-18(25)12-14-19/h6,8-9,11-14H,4-5,7,10,15-17H2,1-3H3. The second-order valence-electron chi connectivity index (χ2n) is 7.28. The minimum Gasteiger partial charge on any atom is -0.302 e. The van der Waals surface area contributed by atoms with Gasteiger partial charge in [-0.1, -0.05) is 42.9 Å². The van der Waals surface area contributed by atoms with E-state index in [-0.39, 0.29) is 5.91 Å². The van der Waals surface area contributed by atoms with Gasteiger partial charge in [-0.05, 0) is 67.9 Å². The van der Waals surface area contributed by atoms with Crippen LogP contribution in [0.2, 0.25) is 5.02 Å². The summed E-state index contributed by atoms with van der Waals surface area (Å²) in [6.07, 6.45) is 3.41. The lowest BCUT2D eigenvalue weighted by Gasteiger charge is -2.24. The van der Waals surface area contributed by atoms with Crippen LogP contribution in [-0.2, 0) is 4.79 Å². The number of carbonyl (C=O) groups is 1. The Labute approximate surface area is 208 Å². The first-order valence-corrected chi connectivity index (χ1v) is 14.3. The molecule has 1 aromatic heterocycles. The van der Waals surface area contributed by atoms with Gasteiger partial charge in [0.1, 0.15) is 0 Å². The predicted octanol–water partition coefficient (Wildman–Crippen LogP) is 6.92. The number of aromatic nitrogens is 1. The number of amides is 1. The Bertz CT molecular complexity index is 1010. The van der Waals surface area contributed by atoms with E-state index in [1.165, 1.54) is 4.90 Å². The summed E-state index contributed by atoms with van der Waals surface area (Å²) in [4.78, 5) is 24.7. The molecule has 1 heterocycles. The monoisotopic (exact) mass is 507 g/mol. The Morgan fingerprint density at radius 2 is 1.84 bits per heavy atom. The minimum absolute atomic E-state index is 0.151. The van der Waals surface area contributed by atoms with Gasteiger partial charge in [0.25, 0.3) is 0 Å². The number of hydrogen-bond acceptors (Lipinski definition) is 6. The highest BCUT2D eigenvalue weighted by atomic mass is 35.5. The normalized spacial score (nSPS) is 11.4. The zero-order chi connectivity index (χ0) is 22.9. The molecule has 0 atom stereocenters. The van der Waals surface area contributed by atoms with Gasteiger partial charge in [-0.3, -0.25) is 9.69 Å². The zero-order valence-corrected chi connectivity index (χ0v) is 22.0. The minimum atomic E-state index is 0.151. The fourth-order valence-corrected chi connectivity index (χ4v) is 6.02. The number of fused-ring (bicyclic) bond motifs is 1. The van der Waals surface area contributed by atoms with E-state index in [1.54, 1.807) is 34.9 Å². The molecular weight excluding hydrogens is 478 g/mol. The van der Waals surface area contributed by atoms with Crippen LogP contribution in [0.4, 0.5) is 5.13 Å². The van der Waals surface area contributed by atoms with Crippen molar-refractivity contribution in [2.75, 3.05) is 43.1 Å². The highest BCUT2D eigenvalue weighted by Gasteiger charge is 2.21. The van der Waals surface area contributed by atoms with Crippen molar-refractivity contribution in [3.8, 4) is 0 Å². The molecule has 0 aliphatic rings. The molecule has 1 amide bonds. The number of thiazole rings is 1. The van der Waals surface area contributed by atoms with Gasteiger partial charge in [-0.15, -0.1) is 23.5 Å². The lowest BCUT2D eigenvalue weighted by molar-refractivity contribution is -0.118. The Hall–Kier alpha value is -1.25. The lowest BCUT2D eigenvalue weighted by atomic mass is 10.3. The quantitative estimate of drug-likeness (QED) is 0.196. The first-order chi connectivity index (χ1) is 15.5. The Balaban J connectivity index is 1.68. The maximum Gasteiger partial charge on any atom is 0.228 e. The lowest BCUT2D eigenvalue weighted by Crippen LogP contribution is -2.38. The largest absolute Gasteiger partial charge is 0.302 e. The molecule has 172 valence electrons. The van der Waals surface area contributed by atoms with E-state index in [2.05, 4.69) is 43.2 Å². The molecule has 3 aromatic rings. The van der Waals surface area contributed by atoms with E-state index in [4.69, 9.17) is 16.6 Å². The van der Waals surface area contributed by atoms with Gasteiger partial charge in [0.2, 0.25) is 5.91 Å². The van der Waals surface area contributed by atoms with E-state index in [1.807, 2.05) is 29.2 Å². The van der Waals surface area contributed by atoms with Crippen LogP contribution in [0, 0.1) is 0 Å². The van der Waals surface area contributed by atoms with Crippen LogP contribution in [0.1, 0.15) is 26.7 Å². The summed E-state index contributed by atoms with van der Waals surface area (Å²) in [5.74, 6) is 1.05. The number of rotatable bonds is 12. The molecule has 0 fully saturated rings. The summed E-state index contributed by atoms with van der Waals surface area (Å²) in [5, 5.41) is 1.55. The molecule has 0 saturated carbocycles. The molecule has 0 spiro atoms. The molecule has 0 aliphatic heterocycles. The number of carbonyl (C=O) groups excluding carboxylic acids is 1. The summed E-state index contributed by atoms with van der Waals surface area (Å²) >= 11 is 11.0. The zero-order valence-electron chi connectivity index (χ0n) is 18.8. The third-order valence-corrected chi connectivity index (χ3v) is 8.44. The Morgan fingerprint density at radius 1 is 1.09 bits per heavy atom. The summed E-state index contributed by atoms with van der Waals surface area (Å²) < 4.78 is 1.13. The van der Waals surface area contributed by atoms with Crippen molar-refractivity contribution in [1.29, 1.82) is 0 Å². The predicted molar refractivity (Wildman–Crippen MR) is 143 cm³/mol. The van der Waals surface area contributed by atoms with Crippen LogP contribution >= 0.6 is 46.5 Å². The van der Waals surface area contributed by atoms with Gasteiger partial charge in [-0.25, -0.2) is 4.98 Å². The molecule has 0 N–H and O–H groups in total. The van der Waals surface area contributed by atoms with Crippen LogP contribution in [0.5, 0.6) is 0 Å². The van der Waals surface area contributed by atoms with E-state index >= 15 is 0 Å². The molecule has 4 nitrogen and oxygen atoms in total. The van der Waals surface area contributed by atoms with Gasteiger partial charge in [-0.2, -0.15) is 0 Å². The molecule has 3 rings (SSSR count). The molecule has 0 saturated heterocycles. The maximum absolute atomic E-state index is 13.3. The van der Waals surface area contributed by atoms with Crippen LogP contribution in [0.3, 0.4) is 0 Å². The number of likely N-dealkylation sites (N-methyl/N-ethyl adjacent to an activating group) is 1. The number of thioether (sulfide) groups is 2. The summed E-state index contributed by atoms with van der Waals surface area (Å²) in [6.45, 7) is 7.79. The van der Waals surface area contributed by atoms with Crippen molar-refractivity contribution in [2.45, 2.75) is 36.5 Å². The molecule has 0 unspecified atom stereocenters. The fourth-order valence-electron chi connectivity index (χ4n) is 3.38. The molecule has 8 heteroatoms. The van der Waals surface area contributed by atoms with E-state index in [9.17, 15) is 4.79 Å². The average molecular weight is 508 g/mol. The number of halogens is 1. The molecule has 0 aliphatic carbocycles. The van der Waals surface area contributed by atoms with Gasteiger partial charge in [0.05, 0.1) is 10.2 Å². The second kappa shape index (κ2) is 12.8. The SMILES string of the molecule is CCN(CC)CCN(C(=O)CCCSc1ccc(Cl)cc1)c1nc2c(SC)cccc2s1. The van der Waals surface area contributed by atoms with Crippen LogP contribution in [-0.4, -0.2) is 54.0 Å². The summed E-state index contributed by atoms with van der Waals surface area (Å²) in [7, 11) is 0. The van der Waals surface area contributed by atoms with Crippen molar-refractivity contribution < 1.29 is 4.79 Å². The number of anilines is 1. The van der Waals surface area contributed by atoms with Gasteiger partial charge in [0, 0.05) is 34.3 Å². The van der Waals surface area contributed by atoms with E-state index in [0.29, 0.717) is 13.0 Å². The molecule has 0 bridgehead atoms. The Morgan fingerprint density at radius 3 is 2.53 bits per heavy atom. The van der Waals surface area contributed by atoms with E-state index < -0.39 is 0 Å². The number of nitrogens with zero attached hydrogens (tertiary/aromatic N) is 3. The van der Waals surface area contributed by atoms with Crippen LogP contribution in [0.15, 0.2) is 52.3 Å². The number of hydrogen-bond donors (Lipinski definition) is 0. The highest BCUT2D eigenvalue weighted by Crippen LogP contribution is 2.34. The van der Waals surface area contributed by atoms with Crippen molar-refractivity contribution in [2.24, 2.45) is 0 Å². The van der Waals surface area contributed by atoms with Crippen molar-refractivity contribution in [3.63, 3.8) is 0 Å². The number of benzene rings is 2. The third kappa shape index (κ3) is 6.87. The maximum atomic E-state index is 13.3. The molecular formula is C24H30ClN3OS3. The van der Waals surface area contributed by atoms with Gasteiger partial charge < -0.3 is 4.90 Å². The summed E-state index contributed by atoms with van der Waals surface area (Å²) in [5.41, 5.74) is 0.999. The second-order valence-corrected chi connectivity index (χ2v) is 10.7. The third-order valence-electron chi connectivity index (χ3n) is 5.27. The molecule has 0 radical (unpaired) electrons. The fraction of sp³-hybridized carbons (Fsp3) is 0.417. The highest BCUT2D eigenvalue weighted by molar-refractivity contribution is 7.99. The van der Waals surface area contributed by atoms with Crippen molar-refractivity contribution in [3.05, 3.63) is 47.5 Å². The van der Waals surface area contributed by atoms with Crippen LogP contribution in [0.25, 0.3) is 10.2 Å².